The molecule has 2 unspecified atom stereocenters. The Morgan fingerprint density at radius 2 is 0.781 bits per heavy atom. The third-order valence-corrected chi connectivity index (χ3v) is 12.0. The van der Waals surface area contributed by atoms with Crippen molar-refractivity contribution in [2.24, 2.45) is 0 Å². The number of unbranched alkanes of at least 4 members (excludes halogenated alkanes) is 19. The topological polar surface area (TPSA) is 111 Å². The first kappa shape index (κ1) is 69.0. The molecule has 0 heterocycles. The second-order valence-corrected chi connectivity index (χ2v) is 20.2. The summed E-state index contributed by atoms with van der Waals surface area (Å²) in [4.78, 5) is 37.3. The van der Waals surface area contributed by atoms with Gasteiger partial charge in [0.15, 0.2) is 12.4 Å². The number of aliphatic carboxylic acids is 1. The number of carboxylic acid groups (broad SMARTS) is 1. The van der Waals surface area contributed by atoms with Gasteiger partial charge in [0.25, 0.3) is 0 Å². The number of carbonyl (C=O) groups is 3. The maximum atomic E-state index is 12.9. The number of hydrogen-bond donors (Lipinski definition) is 0. The molecule has 0 bridgehead atoms. The van der Waals surface area contributed by atoms with Crippen LogP contribution in [0.1, 0.15) is 219 Å². The molecule has 73 heavy (non-hydrogen) atoms. The number of hydrogen-bond acceptors (Lipinski definition) is 8. The van der Waals surface area contributed by atoms with Crippen molar-refractivity contribution < 1.29 is 42.9 Å². The second kappa shape index (κ2) is 54.2. The quantitative estimate of drug-likeness (QED) is 0.0195. The monoisotopic (exact) mass is 1020 g/mol. The summed E-state index contributed by atoms with van der Waals surface area (Å²) >= 11 is 0. The minimum atomic E-state index is -1.64. The van der Waals surface area contributed by atoms with Crippen LogP contribution in [0, 0.1) is 0 Å². The molecule has 0 fully saturated rings. The van der Waals surface area contributed by atoms with Gasteiger partial charge in [0.1, 0.15) is 13.2 Å². The zero-order valence-corrected chi connectivity index (χ0v) is 47.2. The number of likely N-dealkylation sites (N-methyl/N-ethyl adjacent to an activating group) is 1. The fourth-order valence-corrected chi connectivity index (χ4v) is 7.55. The lowest BCUT2D eigenvalue weighted by atomic mass is 10.1. The molecule has 0 amide bonds. The van der Waals surface area contributed by atoms with Gasteiger partial charge in [0, 0.05) is 12.8 Å². The van der Waals surface area contributed by atoms with Crippen molar-refractivity contribution in [3.8, 4) is 0 Å². The molecule has 0 aliphatic carbocycles. The van der Waals surface area contributed by atoms with Gasteiger partial charge in [-0.15, -0.1) is 0 Å². The highest BCUT2D eigenvalue weighted by Gasteiger charge is 2.22. The lowest BCUT2D eigenvalue weighted by Crippen LogP contribution is -2.44. The van der Waals surface area contributed by atoms with E-state index in [4.69, 9.17) is 18.9 Å². The average molecular weight is 1020 g/mol. The van der Waals surface area contributed by atoms with E-state index in [9.17, 15) is 19.5 Å². The van der Waals surface area contributed by atoms with E-state index in [0.29, 0.717) is 17.4 Å². The Morgan fingerprint density at radius 1 is 0.425 bits per heavy atom. The van der Waals surface area contributed by atoms with Crippen molar-refractivity contribution in [3.05, 3.63) is 109 Å². The molecular weight excluding hydrogens is 911 g/mol. The number of ether oxygens (including phenoxy) is 4. The van der Waals surface area contributed by atoms with Crippen LogP contribution < -0.4 is 5.11 Å². The van der Waals surface area contributed by atoms with Crippen molar-refractivity contribution in [2.75, 3.05) is 47.5 Å². The zero-order chi connectivity index (χ0) is 53.4. The fourth-order valence-electron chi connectivity index (χ4n) is 7.55. The minimum Gasteiger partial charge on any atom is -0.545 e. The van der Waals surface area contributed by atoms with Gasteiger partial charge in [-0.3, -0.25) is 9.59 Å². The van der Waals surface area contributed by atoms with E-state index in [1.165, 1.54) is 77.0 Å². The molecule has 0 aromatic carbocycles. The van der Waals surface area contributed by atoms with Gasteiger partial charge in [0.05, 0.1) is 40.3 Å². The van der Waals surface area contributed by atoms with E-state index >= 15 is 0 Å². The SMILES string of the molecule is CC/C=C\C/C=C\C/C=C\C/C=C\C/C=C\C/C=C\CCCCCCC(=O)OC(COC(=O)CCCCCCCCCCCC/C=C\C/C=C\C/C=C\CCCCCCC)COC(OCC[N+](C)(C)C)C(=O)[O-]. The van der Waals surface area contributed by atoms with Crippen LogP contribution in [0.25, 0.3) is 0 Å². The van der Waals surface area contributed by atoms with Crippen molar-refractivity contribution in [1.29, 1.82) is 0 Å². The highest BCUT2D eigenvalue weighted by atomic mass is 16.7. The number of allylic oxidation sites excluding steroid dienone is 18. The number of carboxylic acids is 1. The predicted octanol–water partition coefficient (Wildman–Crippen LogP) is 15.8. The van der Waals surface area contributed by atoms with Crippen LogP contribution in [-0.2, 0) is 33.3 Å². The van der Waals surface area contributed by atoms with Crippen LogP contribution in [0.4, 0.5) is 0 Å². The van der Waals surface area contributed by atoms with Crippen molar-refractivity contribution in [1.82, 2.24) is 0 Å². The molecule has 416 valence electrons. The fraction of sp³-hybridized carbons (Fsp3) is 0.672. The van der Waals surface area contributed by atoms with Gasteiger partial charge in [0.2, 0.25) is 0 Å². The smallest absolute Gasteiger partial charge is 0.306 e. The van der Waals surface area contributed by atoms with Crippen LogP contribution in [0.3, 0.4) is 0 Å². The van der Waals surface area contributed by atoms with Crippen LogP contribution >= 0.6 is 0 Å². The molecule has 0 aromatic rings. The molecule has 0 radical (unpaired) electrons. The highest BCUT2D eigenvalue weighted by molar-refractivity contribution is 5.70. The van der Waals surface area contributed by atoms with Gasteiger partial charge in [-0.1, -0.05) is 213 Å². The standard InChI is InChI=1S/C64H107NO8/c1-6-8-10-12-14-16-18-20-22-24-26-28-30-31-33-34-36-38-40-42-44-46-48-50-52-54-61(66)71-58-60(59-72-64(63(68)69)70-57-56-65(3,4)5)73-62(67)55-53-51-49-47-45-43-41-39-37-35-32-29-27-25-23-21-19-17-15-13-11-9-7-2/h9,11,15,17-18,20-21,23-24,26-27,29-31,35,37,41,43,60,64H,6-8,10,12-14,16,19,22,25,28,32-34,36,38-40,42,44-59H2,1-5H3/b11-9-,17-15-,20-18-,23-21-,26-24-,29-27-,31-30-,37-35-,43-41-. The highest BCUT2D eigenvalue weighted by Crippen LogP contribution is 2.14. The Balaban J connectivity index is 4.34. The molecule has 0 aliphatic heterocycles. The first-order valence-electron chi connectivity index (χ1n) is 29.0. The first-order chi connectivity index (χ1) is 35.6. The molecule has 9 heteroatoms. The Kier molecular flexibility index (Phi) is 51.2. The van der Waals surface area contributed by atoms with Gasteiger partial charge in [-0.05, 0) is 103 Å². The van der Waals surface area contributed by atoms with Crippen LogP contribution in [-0.4, -0.2) is 82.3 Å². The summed E-state index contributed by atoms with van der Waals surface area (Å²) < 4.78 is 22.7. The van der Waals surface area contributed by atoms with E-state index in [1.54, 1.807) is 0 Å². The number of rotatable bonds is 52. The number of quaternary nitrogens is 1. The van der Waals surface area contributed by atoms with Crippen molar-refractivity contribution in [2.45, 2.75) is 232 Å². The summed E-state index contributed by atoms with van der Waals surface area (Å²) in [6.45, 7) is 4.58. The Bertz CT molecular complexity index is 1560. The summed E-state index contributed by atoms with van der Waals surface area (Å²) in [6.07, 6.45) is 71.3. The number of carbonyl (C=O) groups excluding carboxylic acids is 3. The van der Waals surface area contributed by atoms with Crippen LogP contribution in [0.5, 0.6) is 0 Å². The van der Waals surface area contributed by atoms with Gasteiger partial charge in [-0.25, -0.2) is 0 Å². The minimum absolute atomic E-state index is 0.135. The third kappa shape index (κ3) is 55.5. The van der Waals surface area contributed by atoms with Gasteiger partial charge < -0.3 is 33.3 Å². The van der Waals surface area contributed by atoms with E-state index in [0.717, 1.165) is 109 Å². The normalized spacial score (nSPS) is 13.6. The molecule has 0 saturated carbocycles. The first-order valence-corrected chi connectivity index (χ1v) is 29.0. The predicted molar refractivity (Wildman–Crippen MR) is 306 cm³/mol. The van der Waals surface area contributed by atoms with Gasteiger partial charge in [-0.2, -0.15) is 0 Å². The molecule has 0 aliphatic rings. The van der Waals surface area contributed by atoms with E-state index in [2.05, 4.69) is 123 Å². The van der Waals surface area contributed by atoms with Crippen molar-refractivity contribution >= 4 is 17.9 Å². The lowest BCUT2D eigenvalue weighted by Gasteiger charge is -2.26. The average Bonchev–Trinajstić information content (AvgIpc) is 3.36. The molecule has 0 aromatic heterocycles. The molecule has 2 atom stereocenters. The van der Waals surface area contributed by atoms with Crippen LogP contribution in [0.2, 0.25) is 0 Å². The molecule has 0 rings (SSSR count). The van der Waals surface area contributed by atoms with E-state index in [1.807, 2.05) is 21.1 Å². The Labute approximate surface area is 447 Å². The lowest BCUT2D eigenvalue weighted by molar-refractivity contribution is -0.870. The summed E-state index contributed by atoms with van der Waals surface area (Å²) in [5.41, 5.74) is 0. The van der Waals surface area contributed by atoms with Gasteiger partial charge >= 0.3 is 11.9 Å². The Hall–Kier alpha value is -4.05. The second-order valence-electron chi connectivity index (χ2n) is 20.2. The molecule has 9 nitrogen and oxygen atoms in total. The maximum Gasteiger partial charge on any atom is 0.306 e. The van der Waals surface area contributed by atoms with Crippen molar-refractivity contribution in [3.63, 3.8) is 0 Å². The molecule has 0 spiro atoms. The largest absolute Gasteiger partial charge is 0.545 e. The molecule has 0 saturated heterocycles. The summed E-state index contributed by atoms with van der Waals surface area (Å²) in [5, 5.41) is 11.8. The van der Waals surface area contributed by atoms with E-state index in [-0.39, 0.29) is 38.6 Å². The van der Waals surface area contributed by atoms with E-state index < -0.39 is 24.3 Å². The number of nitrogens with zero attached hydrogens (tertiary/aromatic N) is 1. The summed E-state index contributed by atoms with van der Waals surface area (Å²) in [7, 11) is 5.90. The van der Waals surface area contributed by atoms with Crippen LogP contribution in [0.15, 0.2) is 109 Å². The summed E-state index contributed by atoms with van der Waals surface area (Å²) in [6, 6.07) is 0. The summed E-state index contributed by atoms with van der Waals surface area (Å²) in [5.74, 6) is -2.33. The Morgan fingerprint density at radius 3 is 1.16 bits per heavy atom. The molecule has 0 N–H and O–H groups in total. The third-order valence-electron chi connectivity index (χ3n) is 12.0. The number of esters is 2. The zero-order valence-electron chi connectivity index (χ0n) is 47.2. The maximum absolute atomic E-state index is 12.9. The molecular formula is C64H107NO8.